The molecule has 1 aromatic carbocycles. The quantitative estimate of drug-likeness (QED) is 0.831. The fraction of sp³-hybridized carbons (Fsp3) is 0.500. The van der Waals surface area contributed by atoms with E-state index in [1.54, 1.807) is 6.07 Å². The van der Waals surface area contributed by atoms with Crippen LogP contribution >= 0.6 is 15.9 Å². The van der Waals surface area contributed by atoms with E-state index in [4.69, 9.17) is 5.73 Å². The molecule has 0 radical (unpaired) electrons. The van der Waals surface area contributed by atoms with Gasteiger partial charge in [-0.3, -0.25) is 0 Å². The van der Waals surface area contributed by atoms with Crippen molar-refractivity contribution in [3.8, 4) is 0 Å². The molecule has 0 heterocycles. The minimum absolute atomic E-state index is 0.248. The first-order valence-electron chi connectivity index (χ1n) is 5.58. The van der Waals surface area contributed by atoms with Gasteiger partial charge in [0.1, 0.15) is 10.6 Å². The first-order chi connectivity index (χ1) is 8.24. The van der Waals surface area contributed by atoms with Crippen molar-refractivity contribution in [1.29, 1.82) is 0 Å². The Balaban J connectivity index is 2.89. The van der Waals surface area contributed by atoms with Crippen LogP contribution < -0.4 is 10.5 Å². The van der Waals surface area contributed by atoms with Gasteiger partial charge in [0.15, 0.2) is 0 Å². The summed E-state index contributed by atoms with van der Waals surface area (Å²) in [6.07, 6.45) is 0. The molecule has 18 heavy (non-hydrogen) atoms. The molecule has 3 N–H and O–H groups in total. The molecule has 3 nitrogen and oxygen atoms in total. The van der Waals surface area contributed by atoms with Crippen LogP contribution in [0.15, 0.2) is 22.7 Å². The molecule has 1 rings (SSSR count). The molecular formula is C12H18BrFN2OS. The second kappa shape index (κ2) is 6.34. The lowest BCUT2D eigenvalue weighted by atomic mass is 10.1. The van der Waals surface area contributed by atoms with Crippen molar-refractivity contribution in [2.24, 2.45) is 5.73 Å². The zero-order chi connectivity index (χ0) is 13.9. The van der Waals surface area contributed by atoms with E-state index >= 15 is 0 Å². The number of nitrogens with two attached hydrogens (primary N) is 1. The van der Waals surface area contributed by atoms with Gasteiger partial charge in [0.05, 0.1) is 6.04 Å². The standard InChI is InChI=1S/C12H18BrFN2OS/c1-12(2,3)18(17)16-11(7-15)8-4-9(13)6-10(14)5-8/h4-6,11,16H,7,15H2,1-3H3/t11-,18?/m1/s1. The molecule has 0 aromatic heterocycles. The van der Waals surface area contributed by atoms with Crippen LogP contribution in [0.1, 0.15) is 32.4 Å². The summed E-state index contributed by atoms with van der Waals surface area (Å²) in [5.41, 5.74) is 6.34. The Bertz CT molecular complexity index is 391. The van der Waals surface area contributed by atoms with Crippen molar-refractivity contribution in [3.63, 3.8) is 0 Å². The Kier molecular flexibility index (Phi) is 5.61. The van der Waals surface area contributed by atoms with Crippen LogP contribution in [0.5, 0.6) is 0 Å². The Morgan fingerprint density at radius 3 is 2.50 bits per heavy atom. The Hall–Kier alpha value is -0.140. The van der Waals surface area contributed by atoms with Gasteiger partial charge in [-0.05, 0) is 44.5 Å². The average Bonchev–Trinajstić information content (AvgIpc) is 2.22. The third-order valence-corrected chi connectivity index (χ3v) is 4.40. The fourth-order valence-corrected chi connectivity index (χ4v) is 2.66. The smallest absolute Gasteiger partial charge is 0.136 e. The monoisotopic (exact) mass is 336 g/mol. The molecular weight excluding hydrogens is 319 g/mol. The van der Waals surface area contributed by atoms with Crippen molar-refractivity contribution in [3.05, 3.63) is 34.1 Å². The number of rotatable bonds is 4. The zero-order valence-corrected chi connectivity index (χ0v) is 13.1. The van der Waals surface area contributed by atoms with Gasteiger partial charge in [0.25, 0.3) is 0 Å². The highest BCUT2D eigenvalue weighted by molar-refractivity contribution is 9.10. The number of nitrogens with one attached hydrogen (secondary N) is 1. The second-order valence-electron chi connectivity index (χ2n) is 4.99. The van der Waals surface area contributed by atoms with E-state index in [0.717, 1.165) is 0 Å². The molecule has 2 atom stereocenters. The summed E-state index contributed by atoms with van der Waals surface area (Å²) in [7, 11) is 0. The maximum Gasteiger partial charge on any atom is 0.136 e. The summed E-state index contributed by atoms with van der Waals surface area (Å²) in [5.74, 6) is -0.346. The molecule has 0 amide bonds. The normalized spacial score (nSPS) is 15.5. The maximum absolute atomic E-state index is 13.3. The van der Waals surface area contributed by atoms with E-state index in [0.29, 0.717) is 10.0 Å². The van der Waals surface area contributed by atoms with Crippen LogP contribution in [0.3, 0.4) is 0 Å². The van der Waals surface area contributed by atoms with Crippen LogP contribution in [0, 0.1) is 5.82 Å². The summed E-state index contributed by atoms with van der Waals surface area (Å²) in [4.78, 5) is 0. The number of benzene rings is 1. The first-order valence-corrected chi connectivity index (χ1v) is 7.52. The summed E-state index contributed by atoms with van der Waals surface area (Å²) in [5, 5.41) is 0. The number of hydrogen-bond donors (Lipinski definition) is 2. The SMILES string of the molecule is CC(C)(C)[S+]([O-])N[C@H](CN)c1cc(F)cc(Br)c1. The largest absolute Gasteiger partial charge is 0.598 e. The minimum atomic E-state index is -1.25. The van der Waals surface area contributed by atoms with Gasteiger partial charge in [-0.15, -0.1) is 4.72 Å². The predicted molar refractivity (Wildman–Crippen MR) is 76.9 cm³/mol. The van der Waals surface area contributed by atoms with E-state index in [9.17, 15) is 8.94 Å². The lowest BCUT2D eigenvalue weighted by Crippen LogP contribution is -2.43. The van der Waals surface area contributed by atoms with E-state index < -0.39 is 16.1 Å². The molecule has 0 fully saturated rings. The molecule has 0 bridgehead atoms. The highest BCUT2D eigenvalue weighted by Gasteiger charge is 2.29. The summed E-state index contributed by atoms with van der Waals surface area (Å²) < 4.78 is 28.5. The fourth-order valence-electron chi connectivity index (χ4n) is 1.33. The van der Waals surface area contributed by atoms with Crippen molar-refractivity contribution in [2.75, 3.05) is 6.54 Å². The molecule has 0 spiro atoms. The molecule has 0 saturated heterocycles. The van der Waals surface area contributed by atoms with E-state index in [-0.39, 0.29) is 18.4 Å². The van der Waals surface area contributed by atoms with Crippen molar-refractivity contribution >= 4 is 27.3 Å². The zero-order valence-electron chi connectivity index (χ0n) is 10.7. The average molecular weight is 337 g/mol. The van der Waals surface area contributed by atoms with E-state index in [1.807, 2.05) is 20.8 Å². The molecule has 0 aliphatic carbocycles. The van der Waals surface area contributed by atoms with Gasteiger partial charge in [0, 0.05) is 22.4 Å². The van der Waals surface area contributed by atoms with Gasteiger partial charge in [-0.1, -0.05) is 15.9 Å². The third-order valence-electron chi connectivity index (χ3n) is 2.33. The van der Waals surface area contributed by atoms with Gasteiger partial charge < -0.3 is 10.3 Å². The number of halogens is 2. The molecule has 0 saturated carbocycles. The number of hydrogen-bond acceptors (Lipinski definition) is 3. The van der Waals surface area contributed by atoms with Crippen LogP contribution in [0.2, 0.25) is 0 Å². The van der Waals surface area contributed by atoms with Crippen molar-refractivity contribution in [1.82, 2.24) is 4.72 Å². The van der Waals surface area contributed by atoms with Gasteiger partial charge in [-0.25, -0.2) is 4.39 Å². The summed E-state index contributed by atoms with van der Waals surface area (Å²) in [6.45, 7) is 5.85. The third kappa shape index (κ3) is 4.51. The van der Waals surface area contributed by atoms with Gasteiger partial charge in [0.2, 0.25) is 0 Å². The molecule has 1 aromatic rings. The Labute approximate surface area is 119 Å². The minimum Gasteiger partial charge on any atom is -0.598 e. The van der Waals surface area contributed by atoms with Crippen LogP contribution in [0.25, 0.3) is 0 Å². The molecule has 102 valence electrons. The molecule has 6 heteroatoms. The maximum atomic E-state index is 13.3. The van der Waals surface area contributed by atoms with Gasteiger partial charge in [-0.2, -0.15) is 0 Å². The Morgan fingerprint density at radius 1 is 1.44 bits per heavy atom. The van der Waals surface area contributed by atoms with Gasteiger partial charge >= 0.3 is 0 Å². The highest BCUT2D eigenvalue weighted by atomic mass is 79.9. The highest BCUT2D eigenvalue weighted by Crippen LogP contribution is 2.23. The molecule has 0 aliphatic rings. The Morgan fingerprint density at radius 2 is 2.06 bits per heavy atom. The molecule has 1 unspecified atom stereocenters. The van der Waals surface area contributed by atoms with Crippen molar-refractivity contribution in [2.45, 2.75) is 31.6 Å². The van der Waals surface area contributed by atoms with E-state index in [2.05, 4.69) is 20.7 Å². The van der Waals surface area contributed by atoms with Crippen molar-refractivity contribution < 1.29 is 8.94 Å². The molecule has 0 aliphatic heterocycles. The topological polar surface area (TPSA) is 61.1 Å². The predicted octanol–water partition coefficient (Wildman–Crippen LogP) is 2.64. The first kappa shape index (κ1) is 15.9. The summed E-state index contributed by atoms with van der Waals surface area (Å²) >= 11 is 1.98. The van der Waals surface area contributed by atoms with Crippen LogP contribution in [-0.2, 0) is 11.4 Å². The van der Waals surface area contributed by atoms with Crippen LogP contribution in [-0.4, -0.2) is 15.8 Å². The van der Waals surface area contributed by atoms with E-state index in [1.165, 1.54) is 12.1 Å². The summed E-state index contributed by atoms with van der Waals surface area (Å²) in [6, 6.07) is 4.21. The van der Waals surface area contributed by atoms with Crippen LogP contribution in [0.4, 0.5) is 4.39 Å². The lowest BCUT2D eigenvalue weighted by Gasteiger charge is -2.27. The second-order valence-corrected chi connectivity index (χ2v) is 7.90. The lowest BCUT2D eigenvalue weighted by molar-refractivity contribution is 0.523.